The van der Waals surface area contributed by atoms with Gasteiger partial charge < -0.3 is 5.32 Å². The third kappa shape index (κ3) is 5.25. The molecule has 0 rings (SSSR count). The van der Waals surface area contributed by atoms with E-state index in [1.165, 1.54) is 0 Å². The van der Waals surface area contributed by atoms with Crippen LogP contribution in [-0.4, -0.2) is 24.5 Å². The molecule has 0 unspecified atom stereocenters. The molecule has 0 radical (unpaired) electrons. The van der Waals surface area contributed by atoms with E-state index in [0.29, 0.717) is 6.54 Å². The highest BCUT2D eigenvalue weighted by atomic mass is 32.2. The summed E-state index contributed by atoms with van der Waals surface area (Å²) in [5, 5.41) is 2.54. The molecule has 3 heteroatoms. The van der Waals surface area contributed by atoms with Gasteiger partial charge in [-0.3, -0.25) is 4.79 Å². The molecule has 0 aromatic carbocycles. The standard InChI is InChI=1S/C6H9NOS/c1-3-6(8)7-4-5-9-2/h1H,4-5H2,2H3,(H,7,8). The van der Waals surface area contributed by atoms with Crippen LogP contribution in [0.3, 0.4) is 0 Å². The van der Waals surface area contributed by atoms with Gasteiger partial charge in [0.05, 0.1) is 0 Å². The Hall–Kier alpha value is -0.620. The van der Waals surface area contributed by atoms with Crippen molar-refractivity contribution >= 4 is 17.7 Å². The van der Waals surface area contributed by atoms with Crippen LogP contribution in [0.4, 0.5) is 0 Å². The summed E-state index contributed by atoms with van der Waals surface area (Å²) >= 11 is 1.67. The lowest BCUT2D eigenvalue weighted by Gasteiger charge is -1.95. The highest BCUT2D eigenvalue weighted by Crippen LogP contribution is 1.86. The van der Waals surface area contributed by atoms with E-state index in [9.17, 15) is 4.79 Å². The fraction of sp³-hybridized carbons (Fsp3) is 0.500. The van der Waals surface area contributed by atoms with E-state index in [4.69, 9.17) is 6.42 Å². The van der Waals surface area contributed by atoms with Crippen LogP contribution >= 0.6 is 11.8 Å². The first-order valence-corrected chi connectivity index (χ1v) is 3.94. The van der Waals surface area contributed by atoms with Crippen molar-refractivity contribution < 1.29 is 4.79 Å². The zero-order valence-electron chi connectivity index (χ0n) is 5.31. The molecule has 0 bridgehead atoms. The summed E-state index contributed by atoms with van der Waals surface area (Å²) in [6, 6.07) is 0. The Kier molecular flexibility index (Phi) is 5.14. The normalized spacial score (nSPS) is 8.00. The zero-order valence-corrected chi connectivity index (χ0v) is 6.12. The van der Waals surface area contributed by atoms with Gasteiger partial charge in [0.15, 0.2) is 0 Å². The Bertz CT molecular complexity index is 128. The maximum absolute atomic E-state index is 10.3. The van der Waals surface area contributed by atoms with Crippen molar-refractivity contribution in [2.75, 3.05) is 18.6 Å². The summed E-state index contributed by atoms with van der Waals surface area (Å²) < 4.78 is 0. The van der Waals surface area contributed by atoms with Gasteiger partial charge >= 0.3 is 0 Å². The number of carbonyl (C=O) groups is 1. The summed E-state index contributed by atoms with van der Waals surface area (Å²) in [5.41, 5.74) is 0. The Balaban J connectivity index is 3.10. The van der Waals surface area contributed by atoms with Crippen LogP contribution in [0.5, 0.6) is 0 Å². The summed E-state index contributed by atoms with van der Waals surface area (Å²) in [4.78, 5) is 10.3. The van der Waals surface area contributed by atoms with Gasteiger partial charge in [-0.15, -0.1) is 6.42 Å². The summed E-state index contributed by atoms with van der Waals surface area (Å²) in [5.74, 6) is 2.55. The molecule has 2 nitrogen and oxygen atoms in total. The minimum Gasteiger partial charge on any atom is -0.344 e. The molecule has 0 aliphatic heterocycles. The molecule has 0 aromatic heterocycles. The van der Waals surface area contributed by atoms with E-state index in [-0.39, 0.29) is 5.91 Å². The number of hydrogen-bond acceptors (Lipinski definition) is 2. The third-order valence-corrected chi connectivity index (χ3v) is 1.34. The SMILES string of the molecule is C#CC(=O)NCCSC. The largest absolute Gasteiger partial charge is 0.344 e. The second-order valence-corrected chi connectivity index (χ2v) is 2.38. The monoisotopic (exact) mass is 143 g/mol. The second kappa shape index (κ2) is 5.52. The molecular formula is C6H9NOS. The van der Waals surface area contributed by atoms with Gasteiger partial charge in [-0.1, -0.05) is 0 Å². The molecule has 0 atom stereocenters. The molecule has 50 valence electrons. The van der Waals surface area contributed by atoms with E-state index in [2.05, 4.69) is 5.32 Å². The van der Waals surface area contributed by atoms with E-state index < -0.39 is 0 Å². The van der Waals surface area contributed by atoms with Crippen LogP contribution in [0.25, 0.3) is 0 Å². The average molecular weight is 143 g/mol. The van der Waals surface area contributed by atoms with Crippen LogP contribution in [0.15, 0.2) is 0 Å². The van der Waals surface area contributed by atoms with Crippen LogP contribution in [0.1, 0.15) is 0 Å². The molecule has 0 heterocycles. The minimum absolute atomic E-state index is 0.330. The smallest absolute Gasteiger partial charge is 0.295 e. The van der Waals surface area contributed by atoms with Crippen molar-refractivity contribution in [2.24, 2.45) is 0 Å². The van der Waals surface area contributed by atoms with Crippen LogP contribution in [0.2, 0.25) is 0 Å². The van der Waals surface area contributed by atoms with Crippen molar-refractivity contribution in [3.05, 3.63) is 0 Å². The van der Waals surface area contributed by atoms with Gasteiger partial charge in [-0.2, -0.15) is 11.8 Å². The Morgan fingerprint density at radius 3 is 3.00 bits per heavy atom. The molecule has 0 aromatic rings. The first-order chi connectivity index (χ1) is 4.31. The fourth-order valence-corrected chi connectivity index (χ4v) is 0.624. The predicted octanol–water partition coefficient (Wildman–Crippen LogP) is 0.0988. The van der Waals surface area contributed by atoms with Crippen LogP contribution < -0.4 is 5.32 Å². The molecular weight excluding hydrogens is 134 g/mol. The summed E-state index contributed by atoms with van der Waals surface area (Å²) in [6.07, 6.45) is 6.76. The topological polar surface area (TPSA) is 29.1 Å². The van der Waals surface area contributed by atoms with E-state index in [0.717, 1.165) is 5.75 Å². The van der Waals surface area contributed by atoms with Crippen molar-refractivity contribution in [3.63, 3.8) is 0 Å². The molecule has 9 heavy (non-hydrogen) atoms. The number of terminal acetylenes is 1. The number of rotatable bonds is 3. The zero-order chi connectivity index (χ0) is 7.11. The maximum Gasteiger partial charge on any atom is 0.295 e. The first-order valence-electron chi connectivity index (χ1n) is 2.54. The number of hydrogen-bond donors (Lipinski definition) is 1. The molecule has 0 saturated carbocycles. The maximum atomic E-state index is 10.3. The van der Waals surface area contributed by atoms with Gasteiger partial charge in [0.2, 0.25) is 0 Å². The molecule has 0 fully saturated rings. The van der Waals surface area contributed by atoms with Crippen molar-refractivity contribution in [1.82, 2.24) is 5.32 Å². The average Bonchev–Trinajstić information content (AvgIpc) is 1.89. The number of thioether (sulfide) groups is 1. The van der Waals surface area contributed by atoms with Gasteiger partial charge in [-0.05, 0) is 12.2 Å². The predicted molar refractivity (Wildman–Crippen MR) is 40.2 cm³/mol. The molecule has 1 N–H and O–H groups in total. The van der Waals surface area contributed by atoms with Crippen molar-refractivity contribution in [3.8, 4) is 12.3 Å². The Morgan fingerprint density at radius 2 is 2.56 bits per heavy atom. The number of nitrogens with one attached hydrogen (secondary N) is 1. The highest BCUT2D eigenvalue weighted by molar-refractivity contribution is 7.98. The highest BCUT2D eigenvalue weighted by Gasteiger charge is 1.89. The third-order valence-electron chi connectivity index (χ3n) is 0.723. The van der Waals surface area contributed by atoms with Crippen molar-refractivity contribution in [2.45, 2.75) is 0 Å². The van der Waals surface area contributed by atoms with Gasteiger partial charge in [0, 0.05) is 12.3 Å². The minimum atomic E-state index is -0.330. The lowest BCUT2D eigenvalue weighted by molar-refractivity contribution is -0.115. The van der Waals surface area contributed by atoms with E-state index in [1.54, 1.807) is 11.8 Å². The number of amides is 1. The summed E-state index contributed by atoms with van der Waals surface area (Å²) in [6.45, 7) is 0.657. The van der Waals surface area contributed by atoms with E-state index in [1.807, 2.05) is 12.2 Å². The number of carbonyl (C=O) groups excluding carboxylic acids is 1. The Morgan fingerprint density at radius 1 is 1.89 bits per heavy atom. The second-order valence-electron chi connectivity index (χ2n) is 1.39. The quantitative estimate of drug-likeness (QED) is 0.448. The lowest BCUT2D eigenvalue weighted by atomic mass is 10.6. The molecule has 0 aliphatic carbocycles. The van der Waals surface area contributed by atoms with Crippen LogP contribution in [0, 0.1) is 12.3 Å². The van der Waals surface area contributed by atoms with Gasteiger partial charge in [0.1, 0.15) is 0 Å². The first kappa shape index (κ1) is 8.38. The van der Waals surface area contributed by atoms with Gasteiger partial charge in [-0.25, -0.2) is 0 Å². The lowest BCUT2D eigenvalue weighted by Crippen LogP contribution is -2.23. The van der Waals surface area contributed by atoms with Crippen molar-refractivity contribution in [1.29, 1.82) is 0 Å². The molecule has 0 spiro atoms. The fourth-order valence-electron chi connectivity index (χ4n) is 0.318. The van der Waals surface area contributed by atoms with E-state index >= 15 is 0 Å². The van der Waals surface area contributed by atoms with Gasteiger partial charge in [0.25, 0.3) is 5.91 Å². The summed E-state index contributed by atoms with van der Waals surface area (Å²) in [7, 11) is 0. The molecule has 0 saturated heterocycles. The Labute approximate surface area is 59.4 Å². The van der Waals surface area contributed by atoms with Crippen LogP contribution in [-0.2, 0) is 4.79 Å². The molecule has 0 aliphatic rings. The molecule has 1 amide bonds.